The van der Waals surface area contributed by atoms with E-state index in [9.17, 15) is 19.5 Å². The predicted octanol–water partition coefficient (Wildman–Crippen LogP) is -1.12. The van der Waals surface area contributed by atoms with Gasteiger partial charge in [0.25, 0.3) is 0 Å². The van der Waals surface area contributed by atoms with Crippen molar-refractivity contribution >= 4 is 30.4 Å². The molecule has 0 aromatic heterocycles. The van der Waals surface area contributed by atoms with Crippen LogP contribution in [0.5, 0.6) is 5.75 Å². The molecule has 0 heterocycles. The molecule has 0 aliphatic rings. The van der Waals surface area contributed by atoms with Crippen LogP contribution in [0.4, 0.5) is 0 Å². The van der Waals surface area contributed by atoms with Crippen LogP contribution in [-0.2, 0) is 20.8 Å². The van der Waals surface area contributed by atoms with Crippen LogP contribution in [0.2, 0.25) is 0 Å². The first kappa shape index (κ1) is 18.8. The summed E-state index contributed by atoms with van der Waals surface area (Å²) < 4.78 is 0. The molecule has 2 unspecified atom stereocenters. The Labute approximate surface area is 138 Å². The largest absolute Gasteiger partial charge is 0.508 e. The van der Waals surface area contributed by atoms with Crippen LogP contribution >= 0.6 is 12.6 Å². The Bertz CT molecular complexity index is 564. The Hall–Kier alpha value is -2.26. The number of aliphatic carboxylic acids is 1. The molecule has 0 aliphatic heterocycles. The number of rotatable bonds is 8. The average molecular weight is 341 g/mol. The Morgan fingerprint density at radius 2 is 1.83 bits per heavy atom. The summed E-state index contributed by atoms with van der Waals surface area (Å²) >= 11 is 3.86. The highest BCUT2D eigenvalue weighted by Gasteiger charge is 2.21. The molecular weight excluding hydrogens is 322 g/mol. The maximum absolute atomic E-state index is 11.7. The zero-order valence-electron chi connectivity index (χ0n) is 12.2. The van der Waals surface area contributed by atoms with Crippen molar-refractivity contribution in [2.45, 2.75) is 18.5 Å². The maximum Gasteiger partial charge on any atom is 0.326 e. The normalized spacial score (nSPS) is 13.0. The van der Waals surface area contributed by atoms with Crippen LogP contribution < -0.4 is 16.4 Å². The summed E-state index contributed by atoms with van der Waals surface area (Å²) in [6, 6.07) is 3.99. The Morgan fingerprint density at radius 3 is 2.35 bits per heavy atom. The fourth-order valence-electron chi connectivity index (χ4n) is 1.69. The van der Waals surface area contributed by atoms with E-state index in [0.29, 0.717) is 5.56 Å². The summed E-state index contributed by atoms with van der Waals surface area (Å²) in [5.41, 5.74) is 6.07. The van der Waals surface area contributed by atoms with Gasteiger partial charge in [0.15, 0.2) is 0 Å². The number of hydrogen-bond acceptors (Lipinski definition) is 6. The molecule has 0 radical (unpaired) electrons. The van der Waals surface area contributed by atoms with E-state index in [1.165, 1.54) is 12.1 Å². The molecule has 0 aliphatic carbocycles. The standard InChI is InChI=1S/C14H19N3O5S/c15-10(7-23)13(20)16-6-12(19)17-11(14(21)22)5-8-1-3-9(18)4-2-8/h1-4,10-11,18,23H,5-7,15H2,(H,16,20)(H,17,19)(H,21,22). The molecule has 0 saturated heterocycles. The zero-order valence-corrected chi connectivity index (χ0v) is 13.1. The minimum Gasteiger partial charge on any atom is -0.508 e. The second-order valence-electron chi connectivity index (χ2n) is 4.84. The van der Waals surface area contributed by atoms with E-state index in [1.807, 2.05) is 0 Å². The number of carboxylic acid groups (broad SMARTS) is 1. The lowest BCUT2D eigenvalue weighted by atomic mass is 10.1. The molecule has 0 saturated carbocycles. The summed E-state index contributed by atoms with van der Waals surface area (Å²) in [5, 5.41) is 23.0. The summed E-state index contributed by atoms with van der Waals surface area (Å²) in [6.45, 7) is -0.375. The van der Waals surface area contributed by atoms with Crippen LogP contribution in [-0.4, -0.2) is 52.4 Å². The van der Waals surface area contributed by atoms with Gasteiger partial charge in [0, 0.05) is 12.2 Å². The monoisotopic (exact) mass is 341 g/mol. The topological polar surface area (TPSA) is 142 Å². The van der Waals surface area contributed by atoms with Crippen molar-refractivity contribution in [3.8, 4) is 5.75 Å². The average Bonchev–Trinajstić information content (AvgIpc) is 2.53. The predicted molar refractivity (Wildman–Crippen MR) is 86.2 cm³/mol. The van der Waals surface area contributed by atoms with E-state index in [4.69, 9.17) is 10.8 Å². The molecular formula is C14H19N3O5S. The van der Waals surface area contributed by atoms with Gasteiger partial charge in [0.2, 0.25) is 11.8 Å². The molecule has 2 atom stereocenters. The van der Waals surface area contributed by atoms with Crippen LogP contribution in [0.15, 0.2) is 24.3 Å². The number of amides is 2. The number of aromatic hydroxyl groups is 1. The lowest BCUT2D eigenvalue weighted by Gasteiger charge is -2.15. The fraction of sp³-hybridized carbons (Fsp3) is 0.357. The molecule has 0 spiro atoms. The summed E-state index contributed by atoms with van der Waals surface area (Å²) in [5.74, 6) is -2.19. The molecule has 23 heavy (non-hydrogen) atoms. The van der Waals surface area contributed by atoms with Crippen LogP contribution in [0.3, 0.4) is 0 Å². The van der Waals surface area contributed by atoms with E-state index in [-0.39, 0.29) is 24.5 Å². The molecule has 8 nitrogen and oxygen atoms in total. The number of nitrogens with one attached hydrogen (secondary N) is 2. The Kier molecular flexibility index (Phi) is 7.36. The number of carbonyl (C=O) groups excluding carboxylic acids is 2. The second-order valence-corrected chi connectivity index (χ2v) is 5.20. The Morgan fingerprint density at radius 1 is 1.22 bits per heavy atom. The molecule has 1 aromatic carbocycles. The van der Waals surface area contributed by atoms with Gasteiger partial charge in [-0.25, -0.2) is 4.79 Å². The van der Waals surface area contributed by atoms with Gasteiger partial charge in [-0.3, -0.25) is 9.59 Å². The highest BCUT2D eigenvalue weighted by Crippen LogP contribution is 2.11. The van der Waals surface area contributed by atoms with Crippen molar-refractivity contribution in [2.24, 2.45) is 5.73 Å². The zero-order chi connectivity index (χ0) is 17.4. The SMILES string of the molecule is NC(CS)C(=O)NCC(=O)NC(Cc1ccc(O)cc1)C(=O)O. The number of phenolic OH excluding ortho intramolecular Hbond substituents is 1. The summed E-state index contributed by atoms with van der Waals surface area (Å²) in [6.07, 6.45) is 0.0471. The molecule has 9 heteroatoms. The van der Waals surface area contributed by atoms with Gasteiger partial charge in [-0.2, -0.15) is 12.6 Å². The van der Waals surface area contributed by atoms with E-state index >= 15 is 0 Å². The molecule has 6 N–H and O–H groups in total. The van der Waals surface area contributed by atoms with Crippen LogP contribution in [0.1, 0.15) is 5.56 Å². The highest BCUT2D eigenvalue weighted by molar-refractivity contribution is 7.80. The van der Waals surface area contributed by atoms with E-state index in [0.717, 1.165) is 0 Å². The first-order valence-corrected chi connectivity index (χ1v) is 7.41. The Balaban J connectivity index is 2.55. The van der Waals surface area contributed by atoms with Crippen molar-refractivity contribution < 1.29 is 24.6 Å². The van der Waals surface area contributed by atoms with Crippen molar-refractivity contribution in [3.63, 3.8) is 0 Å². The lowest BCUT2D eigenvalue weighted by Crippen LogP contribution is -2.49. The molecule has 1 aromatic rings. The number of phenols is 1. The molecule has 0 bridgehead atoms. The highest BCUT2D eigenvalue weighted by atomic mass is 32.1. The third kappa shape index (κ3) is 6.57. The van der Waals surface area contributed by atoms with Crippen molar-refractivity contribution in [3.05, 3.63) is 29.8 Å². The van der Waals surface area contributed by atoms with Crippen molar-refractivity contribution in [1.29, 1.82) is 0 Å². The van der Waals surface area contributed by atoms with Crippen molar-refractivity contribution in [1.82, 2.24) is 10.6 Å². The van der Waals surface area contributed by atoms with Crippen molar-refractivity contribution in [2.75, 3.05) is 12.3 Å². The summed E-state index contributed by atoms with van der Waals surface area (Å²) in [7, 11) is 0. The van der Waals surface area contributed by atoms with Crippen LogP contribution in [0.25, 0.3) is 0 Å². The number of carboxylic acids is 1. The summed E-state index contributed by atoms with van der Waals surface area (Å²) in [4.78, 5) is 34.4. The number of benzene rings is 1. The number of carbonyl (C=O) groups is 3. The van der Waals surface area contributed by atoms with Crippen LogP contribution in [0, 0.1) is 0 Å². The fourth-order valence-corrected chi connectivity index (χ4v) is 1.86. The maximum atomic E-state index is 11.7. The number of thiol groups is 1. The smallest absolute Gasteiger partial charge is 0.326 e. The number of nitrogens with two attached hydrogens (primary N) is 1. The second kappa shape index (κ2) is 9.01. The van der Waals surface area contributed by atoms with E-state index < -0.39 is 29.9 Å². The van der Waals surface area contributed by atoms with Gasteiger partial charge in [0.05, 0.1) is 12.6 Å². The third-order valence-electron chi connectivity index (χ3n) is 2.97. The third-order valence-corrected chi connectivity index (χ3v) is 3.36. The molecule has 0 fully saturated rings. The minimum absolute atomic E-state index is 0.0471. The molecule has 1 rings (SSSR count). The van der Waals surface area contributed by atoms with E-state index in [1.54, 1.807) is 12.1 Å². The van der Waals surface area contributed by atoms with Gasteiger partial charge < -0.3 is 26.6 Å². The molecule has 2 amide bonds. The van der Waals surface area contributed by atoms with Gasteiger partial charge in [0.1, 0.15) is 11.8 Å². The quantitative estimate of drug-likeness (QED) is 0.331. The lowest BCUT2D eigenvalue weighted by molar-refractivity contribution is -0.141. The minimum atomic E-state index is -1.20. The first-order chi connectivity index (χ1) is 10.8. The number of hydrogen-bond donors (Lipinski definition) is 6. The first-order valence-electron chi connectivity index (χ1n) is 6.77. The van der Waals surface area contributed by atoms with Gasteiger partial charge in [-0.15, -0.1) is 0 Å². The molecule has 126 valence electrons. The van der Waals surface area contributed by atoms with Gasteiger partial charge >= 0.3 is 5.97 Å². The van der Waals surface area contributed by atoms with E-state index in [2.05, 4.69) is 23.3 Å². The van der Waals surface area contributed by atoms with Gasteiger partial charge in [-0.1, -0.05) is 12.1 Å². The van der Waals surface area contributed by atoms with Gasteiger partial charge in [-0.05, 0) is 17.7 Å².